The van der Waals surface area contributed by atoms with Crippen LogP contribution in [0.3, 0.4) is 0 Å². The molecule has 0 fully saturated rings. The van der Waals surface area contributed by atoms with Crippen molar-refractivity contribution >= 4 is 17.4 Å². The van der Waals surface area contributed by atoms with E-state index in [2.05, 4.69) is 15.3 Å². The molecule has 0 aromatic carbocycles. The number of aliphatic hydroxyl groups excluding tert-OH is 1. The van der Waals surface area contributed by atoms with E-state index >= 15 is 0 Å². The zero-order chi connectivity index (χ0) is 14.7. The molecule has 0 saturated heterocycles. The molecule has 0 aliphatic rings. The molecule has 1 aromatic heterocycles. The summed E-state index contributed by atoms with van der Waals surface area (Å²) in [6.07, 6.45) is -3.66. The molecule has 8 heteroatoms. The third kappa shape index (κ3) is 4.50. The van der Waals surface area contributed by atoms with Crippen molar-refractivity contribution in [3.8, 4) is 0 Å². The second-order valence-electron chi connectivity index (χ2n) is 4.41. The summed E-state index contributed by atoms with van der Waals surface area (Å²) < 4.78 is 37.7. The molecule has 1 rings (SSSR count). The van der Waals surface area contributed by atoms with E-state index in [9.17, 15) is 13.2 Å². The number of nitrogens with one attached hydrogen (secondary N) is 1. The van der Waals surface area contributed by atoms with E-state index in [1.807, 2.05) is 6.92 Å². The van der Waals surface area contributed by atoms with E-state index < -0.39 is 17.5 Å². The number of alkyl halides is 3. The minimum Gasteiger partial charge on any atom is -0.396 e. The third-order valence-corrected chi connectivity index (χ3v) is 3.02. The van der Waals surface area contributed by atoms with E-state index in [-0.39, 0.29) is 17.6 Å². The number of anilines is 1. The smallest absolute Gasteiger partial charge is 0.396 e. The van der Waals surface area contributed by atoms with E-state index in [0.29, 0.717) is 12.8 Å². The fourth-order valence-electron chi connectivity index (χ4n) is 1.49. The Hall–Kier alpha value is -1.08. The van der Waals surface area contributed by atoms with Gasteiger partial charge in [0.2, 0.25) is 5.82 Å². The number of halogens is 4. The summed E-state index contributed by atoms with van der Waals surface area (Å²) in [4.78, 5) is 6.55. The summed E-state index contributed by atoms with van der Waals surface area (Å²) in [5, 5.41) is 11.5. The van der Waals surface area contributed by atoms with Gasteiger partial charge in [-0.15, -0.1) is 0 Å². The van der Waals surface area contributed by atoms with Crippen molar-refractivity contribution < 1.29 is 18.3 Å². The maximum atomic E-state index is 12.6. The van der Waals surface area contributed by atoms with Crippen LogP contribution in [0.15, 0.2) is 6.07 Å². The molecular weight excluding hydrogens is 283 g/mol. The van der Waals surface area contributed by atoms with Gasteiger partial charge in [-0.05, 0) is 19.8 Å². The molecule has 0 bridgehead atoms. The van der Waals surface area contributed by atoms with Crippen LogP contribution < -0.4 is 5.32 Å². The van der Waals surface area contributed by atoms with Gasteiger partial charge in [-0.25, -0.2) is 9.97 Å². The van der Waals surface area contributed by atoms with Crippen molar-refractivity contribution in [2.45, 2.75) is 38.4 Å². The molecule has 1 unspecified atom stereocenters. The van der Waals surface area contributed by atoms with Crippen molar-refractivity contribution in [2.75, 3.05) is 11.9 Å². The predicted octanol–water partition coefficient (Wildman–Crippen LogP) is 3.11. The van der Waals surface area contributed by atoms with Crippen molar-refractivity contribution in [3.05, 3.63) is 17.0 Å². The van der Waals surface area contributed by atoms with Gasteiger partial charge in [-0.1, -0.05) is 18.5 Å². The van der Waals surface area contributed by atoms with Crippen LogP contribution in [-0.2, 0) is 6.18 Å². The maximum absolute atomic E-state index is 12.6. The Morgan fingerprint density at radius 1 is 1.37 bits per heavy atom. The molecule has 0 spiro atoms. The van der Waals surface area contributed by atoms with Gasteiger partial charge < -0.3 is 10.4 Å². The lowest BCUT2D eigenvalue weighted by atomic mass is 9.95. The van der Waals surface area contributed by atoms with Crippen LogP contribution in [0.25, 0.3) is 0 Å². The lowest BCUT2D eigenvalue weighted by Gasteiger charge is -2.29. The maximum Gasteiger partial charge on any atom is 0.451 e. The minimum absolute atomic E-state index is 0.00914. The molecule has 0 aliphatic carbocycles. The van der Waals surface area contributed by atoms with Crippen molar-refractivity contribution in [1.29, 1.82) is 0 Å². The molecule has 0 radical (unpaired) electrons. The van der Waals surface area contributed by atoms with Gasteiger partial charge in [0.25, 0.3) is 0 Å². The van der Waals surface area contributed by atoms with E-state index in [1.54, 1.807) is 6.92 Å². The largest absolute Gasteiger partial charge is 0.451 e. The van der Waals surface area contributed by atoms with E-state index in [4.69, 9.17) is 16.7 Å². The van der Waals surface area contributed by atoms with E-state index in [0.717, 1.165) is 0 Å². The molecule has 0 saturated carbocycles. The highest BCUT2D eigenvalue weighted by atomic mass is 35.5. The van der Waals surface area contributed by atoms with Gasteiger partial charge in [0.05, 0.1) is 0 Å². The monoisotopic (exact) mass is 297 g/mol. The molecule has 0 amide bonds. The lowest BCUT2D eigenvalue weighted by molar-refractivity contribution is -0.144. The summed E-state index contributed by atoms with van der Waals surface area (Å²) in [7, 11) is 0. The van der Waals surface area contributed by atoms with Gasteiger partial charge >= 0.3 is 6.18 Å². The van der Waals surface area contributed by atoms with Gasteiger partial charge in [0, 0.05) is 18.2 Å². The highest BCUT2D eigenvalue weighted by molar-refractivity contribution is 6.29. The second-order valence-corrected chi connectivity index (χ2v) is 4.80. The standard InChI is InChI=1S/C11H15ClF3N3O/c1-3-10(2,4-5-19)18-8-6-7(12)16-9(17-8)11(13,14)15/h6,19H,3-5H2,1-2H3,(H,16,17,18). The molecular formula is C11H15ClF3N3O. The third-order valence-electron chi connectivity index (χ3n) is 2.82. The highest BCUT2D eigenvalue weighted by Gasteiger charge is 2.35. The Bertz CT molecular complexity index is 442. The van der Waals surface area contributed by atoms with Crippen LogP contribution in [0, 0.1) is 0 Å². The van der Waals surface area contributed by atoms with Crippen LogP contribution in [-0.4, -0.2) is 27.2 Å². The molecule has 1 aromatic rings. The normalized spacial score (nSPS) is 15.1. The van der Waals surface area contributed by atoms with Crippen molar-refractivity contribution in [1.82, 2.24) is 9.97 Å². The Balaban J connectivity index is 3.04. The number of hydrogen-bond donors (Lipinski definition) is 2. The van der Waals surface area contributed by atoms with Crippen LogP contribution in [0.1, 0.15) is 32.5 Å². The van der Waals surface area contributed by atoms with Crippen LogP contribution in [0.5, 0.6) is 0 Å². The van der Waals surface area contributed by atoms with Gasteiger partial charge in [0.15, 0.2) is 0 Å². The van der Waals surface area contributed by atoms with Crippen LogP contribution >= 0.6 is 11.6 Å². The quantitative estimate of drug-likeness (QED) is 0.820. The molecule has 0 aliphatic heterocycles. The molecule has 19 heavy (non-hydrogen) atoms. The number of aromatic nitrogens is 2. The minimum atomic E-state index is -4.65. The van der Waals surface area contributed by atoms with Gasteiger partial charge in [0.1, 0.15) is 11.0 Å². The Labute approximate surface area is 114 Å². The SMILES string of the molecule is CCC(C)(CCO)Nc1cc(Cl)nc(C(F)(F)F)n1. The second kappa shape index (κ2) is 5.92. The van der Waals surface area contributed by atoms with Crippen LogP contribution in [0.4, 0.5) is 19.0 Å². The molecule has 1 atom stereocenters. The summed E-state index contributed by atoms with van der Waals surface area (Å²) in [5.74, 6) is -1.30. The Kier molecular flexibility index (Phi) is 4.98. The van der Waals surface area contributed by atoms with Crippen molar-refractivity contribution in [3.63, 3.8) is 0 Å². The fraction of sp³-hybridized carbons (Fsp3) is 0.636. The summed E-state index contributed by atoms with van der Waals surface area (Å²) >= 11 is 5.56. The number of nitrogens with zero attached hydrogens (tertiary/aromatic N) is 2. The zero-order valence-corrected chi connectivity index (χ0v) is 11.3. The van der Waals surface area contributed by atoms with Gasteiger partial charge in [-0.2, -0.15) is 13.2 Å². The Morgan fingerprint density at radius 2 is 2.00 bits per heavy atom. The lowest BCUT2D eigenvalue weighted by Crippen LogP contribution is -2.35. The summed E-state index contributed by atoms with van der Waals surface area (Å²) in [5.41, 5.74) is -0.560. The highest BCUT2D eigenvalue weighted by Crippen LogP contribution is 2.29. The molecule has 2 N–H and O–H groups in total. The number of aliphatic hydroxyl groups is 1. The first-order valence-electron chi connectivity index (χ1n) is 5.71. The molecule has 4 nitrogen and oxygen atoms in total. The first kappa shape index (κ1) is 16.0. The van der Waals surface area contributed by atoms with Gasteiger partial charge in [-0.3, -0.25) is 0 Å². The summed E-state index contributed by atoms with van der Waals surface area (Å²) in [6.45, 7) is 3.56. The van der Waals surface area contributed by atoms with Crippen LogP contribution in [0.2, 0.25) is 5.15 Å². The average Bonchev–Trinajstić information content (AvgIpc) is 2.27. The molecule has 1 heterocycles. The first-order valence-corrected chi connectivity index (χ1v) is 6.09. The average molecular weight is 298 g/mol. The summed E-state index contributed by atoms with van der Waals surface area (Å²) in [6, 6.07) is 1.22. The van der Waals surface area contributed by atoms with E-state index in [1.165, 1.54) is 6.07 Å². The first-order chi connectivity index (χ1) is 8.70. The molecule has 108 valence electrons. The topological polar surface area (TPSA) is 58.0 Å². The number of hydrogen-bond acceptors (Lipinski definition) is 4. The zero-order valence-electron chi connectivity index (χ0n) is 10.6. The van der Waals surface area contributed by atoms with Crippen molar-refractivity contribution in [2.24, 2.45) is 0 Å². The fourth-order valence-corrected chi connectivity index (χ4v) is 1.68. The number of rotatable bonds is 5. The predicted molar refractivity (Wildman–Crippen MR) is 66.1 cm³/mol. The Morgan fingerprint density at radius 3 is 2.47 bits per heavy atom.